The fraction of sp³-hybridized carbons (Fsp3) is 0.300. The molecule has 3 N–H and O–H groups in total. The third kappa shape index (κ3) is 3.60. The molecule has 0 saturated carbocycles. The Balaban J connectivity index is 2.88. The molecule has 0 radical (unpaired) electrons. The number of anilines is 1. The van der Waals surface area contributed by atoms with Gasteiger partial charge in [-0.05, 0) is 19.1 Å². The van der Waals surface area contributed by atoms with E-state index in [4.69, 9.17) is 10.6 Å². The Labute approximate surface area is 108 Å². The SMILES string of the molecule is CCOC(=O)CSc1cccc(NN)c1[N+](=O)[O-]. The average molecular weight is 271 g/mol. The molecular formula is C10H13N3O4S. The summed E-state index contributed by atoms with van der Waals surface area (Å²) in [4.78, 5) is 22.0. The van der Waals surface area contributed by atoms with Crippen LogP contribution in [0.3, 0.4) is 0 Å². The van der Waals surface area contributed by atoms with Crippen molar-refractivity contribution in [2.45, 2.75) is 11.8 Å². The van der Waals surface area contributed by atoms with Gasteiger partial charge >= 0.3 is 11.7 Å². The van der Waals surface area contributed by atoms with Crippen molar-refractivity contribution in [3.8, 4) is 0 Å². The van der Waals surface area contributed by atoms with Gasteiger partial charge in [-0.15, -0.1) is 11.8 Å². The minimum absolute atomic E-state index is 0.0166. The van der Waals surface area contributed by atoms with Crippen molar-refractivity contribution >= 4 is 29.1 Å². The van der Waals surface area contributed by atoms with Crippen LogP contribution in [0.5, 0.6) is 0 Å². The molecule has 0 amide bonds. The number of esters is 1. The third-order valence-electron chi connectivity index (χ3n) is 1.99. The normalized spacial score (nSPS) is 9.89. The summed E-state index contributed by atoms with van der Waals surface area (Å²) >= 11 is 1.04. The van der Waals surface area contributed by atoms with Crippen LogP contribution < -0.4 is 11.3 Å². The first-order valence-corrected chi connectivity index (χ1v) is 6.11. The maximum atomic E-state index is 11.2. The van der Waals surface area contributed by atoms with E-state index in [2.05, 4.69) is 5.43 Å². The highest BCUT2D eigenvalue weighted by atomic mass is 32.2. The molecule has 1 aromatic carbocycles. The zero-order valence-electron chi connectivity index (χ0n) is 9.71. The predicted molar refractivity (Wildman–Crippen MR) is 68.3 cm³/mol. The van der Waals surface area contributed by atoms with Crippen LogP contribution in [0.2, 0.25) is 0 Å². The van der Waals surface area contributed by atoms with E-state index in [9.17, 15) is 14.9 Å². The number of thioether (sulfide) groups is 1. The molecule has 1 rings (SSSR count). The first-order chi connectivity index (χ1) is 8.60. The van der Waals surface area contributed by atoms with E-state index < -0.39 is 10.9 Å². The number of nitro groups is 1. The van der Waals surface area contributed by atoms with Crippen LogP contribution in [0.1, 0.15) is 6.92 Å². The van der Waals surface area contributed by atoms with Crippen LogP contribution in [-0.4, -0.2) is 23.3 Å². The largest absolute Gasteiger partial charge is 0.465 e. The number of nitro benzene ring substituents is 1. The van der Waals surface area contributed by atoms with Crippen molar-refractivity contribution in [2.75, 3.05) is 17.8 Å². The Morgan fingerprint density at radius 1 is 1.61 bits per heavy atom. The number of nitrogen functional groups attached to an aromatic ring is 1. The van der Waals surface area contributed by atoms with Crippen LogP contribution in [0.15, 0.2) is 23.1 Å². The van der Waals surface area contributed by atoms with Crippen LogP contribution in [0.4, 0.5) is 11.4 Å². The maximum absolute atomic E-state index is 11.2. The van der Waals surface area contributed by atoms with Crippen molar-refractivity contribution in [2.24, 2.45) is 5.84 Å². The van der Waals surface area contributed by atoms with Crippen molar-refractivity contribution < 1.29 is 14.5 Å². The predicted octanol–water partition coefficient (Wildman–Crippen LogP) is 1.54. The van der Waals surface area contributed by atoms with Crippen molar-refractivity contribution in [1.82, 2.24) is 0 Å². The monoisotopic (exact) mass is 271 g/mol. The Kier molecular flexibility index (Phi) is 5.40. The molecule has 0 aromatic heterocycles. The number of ether oxygens (including phenoxy) is 1. The van der Waals surface area contributed by atoms with E-state index in [1.807, 2.05) is 0 Å². The van der Waals surface area contributed by atoms with Gasteiger partial charge in [0, 0.05) is 0 Å². The highest BCUT2D eigenvalue weighted by Gasteiger charge is 2.20. The molecule has 0 aliphatic carbocycles. The van der Waals surface area contributed by atoms with Crippen LogP contribution in [0.25, 0.3) is 0 Å². The van der Waals surface area contributed by atoms with Gasteiger partial charge in [0.2, 0.25) is 0 Å². The lowest BCUT2D eigenvalue weighted by Gasteiger charge is -2.06. The second-order valence-corrected chi connectivity index (χ2v) is 4.16. The fourth-order valence-electron chi connectivity index (χ4n) is 1.28. The van der Waals surface area contributed by atoms with Gasteiger partial charge in [0.05, 0.1) is 22.2 Å². The van der Waals surface area contributed by atoms with Crippen molar-refractivity contribution in [3.05, 3.63) is 28.3 Å². The lowest BCUT2D eigenvalue weighted by atomic mass is 10.3. The first-order valence-electron chi connectivity index (χ1n) is 5.12. The standard InChI is InChI=1S/C10H13N3O4S/c1-2-17-9(14)6-18-8-5-3-4-7(12-11)10(8)13(15)16/h3-5,12H,2,6,11H2,1H3. The molecule has 98 valence electrons. The van der Waals surface area contributed by atoms with E-state index >= 15 is 0 Å². The molecular weight excluding hydrogens is 258 g/mol. The molecule has 0 unspecified atom stereocenters. The third-order valence-corrected chi connectivity index (χ3v) is 3.01. The molecule has 0 aliphatic rings. The zero-order chi connectivity index (χ0) is 13.5. The minimum Gasteiger partial charge on any atom is -0.465 e. The van der Waals surface area contributed by atoms with Crippen molar-refractivity contribution in [3.63, 3.8) is 0 Å². The second-order valence-electron chi connectivity index (χ2n) is 3.15. The van der Waals surface area contributed by atoms with Gasteiger partial charge in [0.15, 0.2) is 0 Å². The summed E-state index contributed by atoms with van der Waals surface area (Å²) in [6, 6.07) is 4.67. The summed E-state index contributed by atoms with van der Waals surface area (Å²) in [6.45, 7) is 1.98. The Hall–Kier alpha value is -1.80. The first kappa shape index (κ1) is 14.3. The van der Waals surface area contributed by atoms with E-state index in [1.54, 1.807) is 19.1 Å². The number of benzene rings is 1. The van der Waals surface area contributed by atoms with Gasteiger partial charge in [0.1, 0.15) is 5.69 Å². The molecule has 1 aromatic rings. The molecule has 0 fully saturated rings. The summed E-state index contributed by atoms with van der Waals surface area (Å²) in [5.74, 6) is 4.81. The van der Waals surface area contributed by atoms with Crippen molar-refractivity contribution in [1.29, 1.82) is 0 Å². The zero-order valence-corrected chi connectivity index (χ0v) is 10.5. The summed E-state index contributed by atoms with van der Waals surface area (Å²) < 4.78 is 4.75. The molecule has 18 heavy (non-hydrogen) atoms. The van der Waals surface area contributed by atoms with E-state index in [0.29, 0.717) is 4.90 Å². The maximum Gasteiger partial charge on any atom is 0.316 e. The quantitative estimate of drug-likeness (QED) is 0.265. The van der Waals surface area contributed by atoms with E-state index in [1.165, 1.54) is 6.07 Å². The van der Waals surface area contributed by atoms with E-state index in [-0.39, 0.29) is 23.7 Å². The van der Waals surface area contributed by atoms with E-state index in [0.717, 1.165) is 11.8 Å². The van der Waals surface area contributed by atoms with Crippen LogP contribution in [0, 0.1) is 10.1 Å². The highest BCUT2D eigenvalue weighted by molar-refractivity contribution is 8.00. The smallest absolute Gasteiger partial charge is 0.316 e. The number of hydrogen-bond acceptors (Lipinski definition) is 7. The minimum atomic E-state index is -0.539. The number of carbonyl (C=O) groups excluding carboxylic acids is 1. The summed E-state index contributed by atoms with van der Waals surface area (Å²) in [7, 11) is 0. The fourth-order valence-corrected chi connectivity index (χ4v) is 2.14. The molecule has 0 spiro atoms. The van der Waals surface area contributed by atoms with Crippen LogP contribution in [-0.2, 0) is 9.53 Å². The number of nitrogens with one attached hydrogen (secondary N) is 1. The number of nitrogens with two attached hydrogens (primary N) is 1. The molecule has 7 nitrogen and oxygen atoms in total. The number of para-hydroxylation sites is 1. The highest BCUT2D eigenvalue weighted by Crippen LogP contribution is 2.35. The summed E-state index contributed by atoms with van der Waals surface area (Å²) in [5, 5.41) is 11.0. The molecule has 8 heteroatoms. The summed E-state index contributed by atoms with van der Waals surface area (Å²) in [6.07, 6.45) is 0. The molecule has 0 bridgehead atoms. The topological polar surface area (TPSA) is 107 Å². The van der Waals surface area contributed by atoms with Gasteiger partial charge in [-0.1, -0.05) is 6.07 Å². The number of hydrogen-bond donors (Lipinski definition) is 2. The molecule has 0 saturated heterocycles. The van der Waals surface area contributed by atoms with Gasteiger partial charge in [-0.25, -0.2) is 0 Å². The number of carbonyl (C=O) groups is 1. The molecule has 0 heterocycles. The van der Waals surface area contributed by atoms with Gasteiger partial charge in [-0.3, -0.25) is 20.8 Å². The lowest BCUT2D eigenvalue weighted by molar-refractivity contribution is -0.386. The Morgan fingerprint density at radius 3 is 2.89 bits per heavy atom. The number of rotatable bonds is 6. The lowest BCUT2D eigenvalue weighted by Crippen LogP contribution is -2.10. The number of hydrazine groups is 1. The van der Waals surface area contributed by atoms with Gasteiger partial charge < -0.3 is 10.2 Å². The Bertz CT molecular complexity index is 453. The van der Waals surface area contributed by atoms with Gasteiger partial charge in [0.25, 0.3) is 0 Å². The Morgan fingerprint density at radius 2 is 2.33 bits per heavy atom. The van der Waals surface area contributed by atoms with Crippen LogP contribution >= 0.6 is 11.8 Å². The second kappa shape index (κ2) is 6.82. The summed E-state index contributed by atoms with van der Waals surface area (Å²) in [5.41, 5.74) is 2.32. The average Bonchev–Trinajstić information content (AvgIpc) is 2.35. The molecule has 0 aliphatic heterocycles. The molecule has 0 atom stereocenters. The number of nitrogens with zero attached hydrogens (tertiary/aromatic N) is 1. The van der Waals surface area contributed by atoms with Gasteiger partial charge in [-0.2, -0.15) is 0 Å².